The molecular formula is C96H100BN3. The van der Waals surface area contributed by atoms with Gasteiger partial charge >= 0.3 is 0 Å². The van der Waals surface area contributed by atoms with Crippen LogP contribution in [0, 0.1) is 0 Å². The molecule has 2 aliphatic carbocycles. The molecule has 16 rings (SSSR count). The Kier molecular flexibility index (Phi) is 14.5. The van der Waals surface area contributed by atoms with Crippen molar-refractivity contribution in [1.82, 2.24) is 4.57 Å². The third-order valence-corrected chi connectivity index (χ3v) is 23.6. The van der Waals surface area contributed by atoms with Crippen LogP contribution in [0.1, 0.15) is 196 Å². The highest BCUT2D eigenvalue weighted by Gasteiger charge is 2.46. The number of hydrogen-bond donors (Lipinski definition) is 0. The van der Waals surface area contributed by atoms with Crippen LogP contribution >= 0.6 is 0 Å². The van der Waals surface area contributed by atoms with Crippen molar-refractivity contribution < 1.29 is 0 Å². The molecule has 3 nitrogen and oxygen atoms in total. The maximum Gasteiger partial charge on any atom is 0.252 e. The summed E-state index contributed by atoms with van der Waals surface area (Å²) in [6.07, 6.45) is 2.27. The normalized spacial score (nSPS) is 16.4. The maximum absolute atomic E-state index is 2.63. The van der Waals surface area contributed by atoms with E-state index in [0.717, 1.165) is 29.9 Å². The Hall–Kier alpha value is -9.12. The Morgan fingerprint density at radius 1 is 0.270 bits per heavy atom. The van der Waals surface area contributed by atoms with Crippen molar-refractivity contribution >= 4 is 79.0 Å². The largest absolute Gasteiger partial charge is 0.311 e. The molecule has 4 heteroatoms. The minimum absolute atomic E-state index is 0.0281. The Morgan fingerprint density at radius 2 is 0.570 bits per heavy atom. The Morgan fingerprint density at radius 3 is 0.920 bits per heavy atom. The van der Waals surface area contributed by atoms with Gasteiger partial charge in [-0.1, -0.05) is 284 Å². The molecule has 0 N–H and O–H groups in total. The second kappa shape index (κ2) is 22.2. The first-order valence-corrected chi connectivity index (χ1v) is 36.9. The summed E-state index contributed by atoms with van der Waals surface area (Å²) in [5, 5.41) is 2.55. The lowest BCUT2D eigenvalue weighted by atomic mass is 9.33. The standard InChI is InChI=1S/C96H100BN3/c1-89(2,3)67-33-21-59(22-34-67)65-31-45-84-80(51-65)97-81-52-66(60-23-35-68(36-24-60)90(4,5)6)32-46-85(81)99(72-41-27-62(28-42-72)64-30-44-77-79(50-64)96(19,20)58-94(77,15)16)87-56-73(100-82-47-37-69(91(7,8)9)53-74(82)75-54-70(92(10,11)12)38-48-83(75)100)55-86(88(87)97)98(84)71-39-25-61(26-40-71)63-29-43-76-78(49-63)95(17,18)57-93(76,13)14/h21-56H,57-58H2,1-20H3. The van der Waals surface area contributed by atoms with Gasteiger partial charge in [-0.2, -0.15) is 0 Å². The molecule has 2 aliphatic heterocycles. The highest BCUT2D eigenvalue weighted by Crippen LogP contribution is 2.54. The van der Waals surface area contributed by atoms with Crippen molar-refractivity contribution in [2.75, 3.05) is 9.80 Å². The summed E-state index contributed by atoms with van der Waals surface area (Å²) in [5.74, 6) is 0. The Labute approximate surface area is 597 Å². The van der Waals surface area contributed by atoms with Crippen LogP contribution in [-0.4, -0.2) is 11.3 Å². The molecule has 4 aliphatic rings. The van der Waals surface area contributed by atoms with Gasteiger partial charge in [-0.3, -0.25) is 0 Å². The minimum Gasteiger partial charge on any atom is -0.311 e. The summed E-state index contributed by atoms with van der Waals surface area (Å²) in [6.45, 7) is 47.1. The van der Waals surface area contributed by atoms with Crippen LogP contribution in [0.2, 0.25) is 0 Å². The van der Waals surface area contributed by atoms with Gasteiger partial charge in [-0.25, -0.2) is 0 Å². The molecule has 0 fully saturated rings. The van der Waals surface area contributed by atoms with E-state index in [4.69, 9.17) is 0 Å². The summed E-state index contributed by atoms with van der Waals surface area (Å²) in [5.41, 5.74) is 35.7. The van der Waals surface area contributed by atoms with Crippen molar-refractivity contribution in [3.8, 4) is 50.2 Å². The van der Waals surface area contributed by atoms with Gasteiger partial charge in [0, 0.05) is 44.9 Å². The van der Waals surface area contributed by atoms with Gasteiger partial charge in [0.25, 0.3) is 6.71 Å². The van der Waals surface area contributed by atoms with Crippen LogP contribution in [0.3, 0.4) is 0 Å². The number of benzene rings is 11. The van der Waals surface area contributed by atoms with E-state index in [0.29, 0.717) is 0 Å². The molecule has 0 radical (unpaired) electrons. The molecule has 0 bridgehead atoms. The maximum atomic E-state index is 2.63. The van der Waals surface area contributed by atoms with E-state index in [1.54, 1.807) is 0 Å². The molecule has 3 heterocycles. The van der Waals surface area contributed by atoms with Gasteiger partial charge < -0.3 is 14.4 Å². The zero-order valence-corrected chi connectivity index (χ0v) is 63.1. The highest BCUT2D eigenvalue weighted by molar-refractivity contribution is 7.00. The fourth-order valence-electron chi connectivity index (χ4n) is 18.5. The molecule has 0 spiro atoms. The van der Waals surface area contributed by atoms with Gasteiger partial charge in [0.15, 0.2) is 0 Å². The molecule has 1 aromatic heterocycles. The lowest BCUT2D eigenvalue weighted by Gasteiger charge is -2.44. The predicted molar refractivity (Wildman–Crippen MR) is 433 cm³/mol. The number of aromatic nitrogens is 1. The fourth-order valence-corrected chi connectivity index (χ4v) is 18.5. The predicted octanol–water partition coefficient (Wildman–Crippen LogP) is 24.6. The van der Waals surface area contributed by atoms with Crippen LogP contribution in [0.25, 0.3) is 72.0 Å². The molecule has 0 atom stereocenters. The second-order valence-electron chi connectivity index (χ2n) is 37.0. The quantitative estimate of drug-likeness (QED) is 0.147. The molecule has 0 amide bonds. The molecule has 0 unspecified atom stereocenters. The van der Waals surface area contributed by atoms with Crippen LogP contribution in [0.15, 0.2) is 218 Å². The topological polar surface area (TPSA) is 11.4 Å². The zero-order chi connectivity index (χ0) is 70.5. The van der Waals surface area contributed by atoms with Crippen molar-refractivity contribution in [3.63, 3.8) is 0 Å². The van der Waals surface area contributed by atoms with E-state index < -0.39 is 0 Å². The smallest absolute Gasteiger partial charge is 0.252 e. The van der Waals surface area contributed by atoms with Crippen LogP contribution in [-0.2, 0) is 43.3 Å². The molecule has 502 valence electrons. The fraction of sp³-hybridized carbons (Fsp3) is 0.312. The van der Waals surface area contributed by atoms with Crippen molar-refractivity contribution in [1.29, 1.82) is 0 Å². The number of fused-ring (bicyclic) bond motifs is 9. The van der Waals surface area contributed by atoms with Gasteiger partial charge in [-0.15, -0.1) is 0 Å². The number of hydrogen-bond acceptors (Lipinski definition) is 2. The third kappa shape index (κ3) is 10.7. The lowest BCUT2D eigenvalue weighted by molar-refractivity contribution is 0.402. The average molecular weight is 1310 g/mol. The number of rotatable bonds is 7. The zero-order valence-electron chi connectivity index (χ0n) is 63.1. The van der Waals surface area contributed by atoms with Gasteiger partial charge in [0.2, 0.25) is 0 Å². The van der Waals surface area contributed by atoms with Gasteiger partial charge in [0.05, 0.1) is 16.7 Å². The van der Waals surface area contributed by atoms with Gasteiger partial charge in [-0.05, 0) is 234 Å². The van der Waals surface area contributed by atoms with Crippen molar-refractivity contribution in [2.24, 2.45) is 0 Å². The first kappa shape index (κ1) is 65.5. The SMILES string of the molecule is CC(C)(C)c1ccc(-c2ccc3c(c2)B2c4cc(-c5ccc(C(C)(C)C)cc5)ccc4N(c4ccc(-c5ccc6c(c5)C(C)(C)CC6(C)C)cc4)c4cc(-n5c6ccc(C(C)(C)C)cc6c6cc(C(C)(C)C)ccc65)cc(c42)N3c2ccc(-c3ccc4c(c3)C(C)(C)CC4(C)C)cc2)cc1. The second-order valence-corrected chi connectivity index (χ2v) is 37.0. The summed E-state index contributed by atoms with van der Waals surface area (Å²) in [7, 11) is 0. The van der Waals surface area contributed by atoms with E-state index >= 15 is 0 Å². The number of anilines is 6. The molecule has 11 aromatic carbocycles. The van der Waals surface area contributed by atoms with Crippen molar-refractivity contribution in [3.05, 3.63) is 263 Å². The summed E-state index contributed by atoms with van der Waals surface area (Å²) >= 11 is 0. The monoisotopic (exact) mass is 1310 g/mol. The minimum atomic E-state index is -0.155. The van der Waals surface area contributed by atoms with Crippen LogP contribution in [0.5, 0.6) is 0 Å². The van der Waals surface area contributed by atoms with E-state index in [-0.39, 0.29) is 50.0 Å². The summed E-state index contributed by atoms with van der Waals surface area (Å²) < 4.78 is 2.59. The average Bonchev–Trinajstić information content (AvgIpc) is 0.805. The van der Waals surface area contributed by atoms with E-state index in [1.807, 2.05) is 0 Å². The van der Waals surface area contributed by atoms with Crippen LogP contribution < -0.4 is 26.2 Å². The van der Waals surface area contributed by atoms with Gasteiger partial charge in [0.1, 0.15) is 0 Å². The lowest BCUT2D eigenvalue weighted by Crippen LogP contribution is -2.61. The van der Waals surface area contributed by atoms with E-state index in [1.165, 1.54) is 150 Å². The van der Waals surface area contributed by atoms with Crippen molar-refractivity contribution in [2.45, 2.75) is 195 Å². The number of nitrogens with zero attached hydrogens (tertiary/aromatic N) is 3. The third-order valence-electron chi connectivity index (χ3n) is 23.6. The van der Waals surface area contributed by atoms with E-state index in [9.17, 15) is 0 Å². The molecule has 0 saturated carbocycles. The Bertz CT molecular complexity index is 4980. The van der Waals surface area contributed by atoms with E-state index in [2.05, 4.69) is 371 Å². The molecular weight excluding hydrogens is 1210 g/mol. The first-order valence-electron chi connectivity index (χ1n) is 36.9. The molecule has 0 saturated heterocycles. The first-order chi connectivity index (χ1) is 47.0. The Balaban J connectivity index is 0.983. The highest BCUT2D eigenvalue weighted by atomic mass is 15.2. The molecule has 12 aromatic rings. The summed E-state index contributed by atoms with van der Waals surface area (Å²) in [4.78, 5) is 5.25. The molecule has 100 heavy (non-hydrogen) atoms. The van der Waals surface area contributed by atoms with Crippen LogP contribution in [0.4, 0.5) is 34.1 Å². The summed E-state index contributed by atoms with van der Waals surface area (Å²) in [6, 6.07) is 86.8.